The Bertz CT molecular complexity index is 1250. The standard InChI is InChI=1S/C23H15ClINO5S/c1-30-22(28)17-10-14(4-8-18(17)24)19-9-7-16(31-19)11-20-21(27)26(23(29)32-20)12-13-2-5-15(25)6-3-13/h2-11H,12H2,1H3/b20-11+. The van der Waals surface area contributed by atoms with Crippen molar-refractivity contribution in [3.05, 3.63) is 85.0 Å². The zero-order valence-electron chi connectivity index (χ0n) is 16.6. The minimum atomic E-state index is -0.551. The van der Waals surface area contributed by atoms with Gasteiger partial charge in [0.2, 0.25) is 0 Å². The van der Waals surface area contributed by atoms with Gasteiger partial charge in [0.1, 0.15) is 11.5 Å². The van der Waals surface area contributed by atoms with Crippen LogP contribution >= 0.6 is 46.0 Å². The molecule has 32 heavy (non-hydrogen) atoms. The van der Waals surface area contributed by atoms with Gasteiger partial charge in [0, 0.05) is 15.2 Å². The molecule has 1 aliphatic rings. The smallest absolute Gasteiger partial charge is 0.339 e. The average molecular weight is 580 g/mol. The molecule has 1 aliphatic heterocycles. The Morgan fingerprint density at radius 3 is 2.62 bits per heavy atom. The van der Waals surface area contributed by atoms with E-state index in [1.54, 1.807) is 36.4 Å². The maximum Gasteiger partial charge on any atom is 0.339 e. The van der Waals surface area contributed by atoms with E-state index in [2.05, 4.69) is 22.6 Å². The lowest BCUT2D eigenvalue weighted by molar-refractivity contribution is -0.123. The van der Waals surface area contributed by atoms with Crippen molar-refractivity contribution >= 4 is 69.1 Å². The lowest BCUT2D eigenvalue weighted by atomic mass is 10.1. The molecule has 0 N–H and O–H groups in total. The number of ether oxygens (including phenoxy) is 1. The van der Waals surface area contributed by atoms with Crippen LogP contribution in [0.1, 0.15) is 21.7 Å². The second-order valence-electron chi connectivity index (χ2n) is 6.78. The number of methoxy groups -OCH3 is 1. The largest absolute Gasteiger partial charge is 0.465 e. The lowest BCUT2D eigenvalue weighted by Gasteiger charge is -2.12. The first kappa shape index (κ1) is 22.6. The molecule has 1 aromatic heterocycles. The molecule has 2 amide bonds. The summed E-state index contributed by atoms with van der Waals surface area (Å²) in [4.78, 5) is 38.5. The van der Waals surface area contributed by atoms with Crippen molar-refractivity contribution < 1.29 is 23.5 Å². The number of furan rings is 1. The maximum atomic E-state index is 12.8. The summed E-state index contributed by atoms with van der Waals surface area (Å²) < 4.78 is 11.6. The number of imide groups is 1. The minimum Gasteiger partial charge on any atom is -0.465 e. The predicted octanol–water partition coefficient (Wildman–Crippen LogP) is 6.23. The summed E-state index contributed by atoms with van der Waals surface area (Å²) in [5.41, 5.74) is 1.72. The van der Waals surface area contributed by atoms with Crippen LogP contribution in [0.4, 0.5) is 4.79 Å². The van der Waals surface area contributed by atoms with Crippen molar-refractivity contribution in [1.29, 1.82) is 0 Å². The molecule has 0 spiro atoms. The van der Waals surface area contributed by atoms with Gasteiger partial charge in [0.15, 0.2) is 0 Å². The Kier molecular flexibility index (Phi) is 6.73. The van der Waals surface area contributed by atoms with Crippen LogP contribution in [0, 0.1) is 3.57 Å². The van der Waals surface area contributed by atoms with Gasteiger partial charge in [-0.3, -0.25) is 14.5 Å². The summed E-state index contributed by atoms with van der Waals surface area (Å²) in [6, 6.07) is 15.9. The third-order valence-corrected chi connectivity index (χ3v) is 6.64. The van der Waals surface area contributed by atoms with Gasteiger partial charge in [0.05, 0.1) is 29.1 Å². The fourth-order valence-electron chi connectivity index (χ4n) is 3.07. The molecule has 4 rings (SSSR count). The molecule has 1 fully saturated rings. The number of carbonyl (C=O) groups excluding carboxylic acids is 3. The van der Waals surface area contributed by atoms with Crippen LogP contribution in [0.5, 0.6) is 0 Å². The quantitative estimate of drug-likeness (QED) is 0.203. The molecule has 6 nitrogen and oxygen atoms in total. The van der Waals surface area contributed by atoms with E-state index in [1.807, 2.05) is 24.3 Å². The number of thioether (sulfide) groups is 1. The average Bonchev–Trinajstić information content (AvgIpc) is 3.35. The third-order valence-electron chi connectivity index (χ3n) is 4.68. The van der Waals surface area contributed by atoms with E-state index in [0.717, 1.165) is 20.9 Å². The summed E-state index contributed by atoms with van der Waals surface area (Å²) in [5, 5.41) is -0.0545. The van der Waals surface area contributed by atoms with Crippen LogP contribution in [0.15, 0.2) is 63.9 Å². The van der Waals surface area contributed by atoms with Gasteiger partial charge >= 0.3 is 5.97 Å². The zero-order valence-corrected chi connectivity index (χ0v) is 20.4. The summed E-state index contributed by atoms with van der Waals surface area (Å²) in [5.74, 6) is -0.0214. The van der Waals surface area contributed by atoms with E-state index < -0.39 is 5.97 Å². The Balaban J connectivity index is 1.54. The van der Waals surface area contributed by atoms with E-state index in [1.165, 1.54) is 12.0 Å². The number of esters is 1. The SMILES string of the molecule is COC(=O)c1cc(-c2ccc(/C=C3/SC(=O)N(Cc4ccc(I)cc4)C3=O)o2)ccc1Cl. The molecular formula is C23H15ClINO5S. The molecule has 0 saturated carbocycles. The number of amides is 2. The number of carbonyl (C=O) groups is 3. The molecule has 0 aliphatic carbocycles. The molecule has 0 bridgehead atoms. The number of nitrogens with zero attached hydrogens (tertiary/aromatic N) is 1. The van der Waals surface area contributed by atoms with Crippen LogP contribution in [0.25, 0.3) is 17.4 Å². The topological polar surface area (TPSA) is 76.8 Å². The molecule has 3 aromatic rings. The summed E-state index contributed by atoms with van der Waals surface area (Å²) in [7, 11) is 1.28. The van der Waals surface area contributed by atoms with Crippen molar-refractivity contribution in [3.63, 3.8) is 0 Å². The number of halogens is 2. The van der Waals surface area contributed by atoms with Gasteiger partial charge in [0.25, 0.3) is 11.1 Å². The van der Waals surface area contributed by atoms with Gasteiger partial charge in [-0.05, 0) is 82.4 Å². The molecule has 0 atom stereocenters. The summed E-state index contributed by atoms with van der Waals surface area (Å²) >= 11 is 9.14. The predicted molar refractivity (Wildman–Crippen MR) is 131 cm³/mol. The van der Waals surface area contributed by atoms with E-state index in [0.29, 0.717) is 17.1 Å². The van der Waals surface area contributed by atoms with Gasteiger partial charge in [-0.25, -0.2) is 4.79 Å². The molecule has 162 valence electrons. The molecule has 2 aromatic carbocycles. The molecule has 2 heterocycles. The maximum absolute atomic E-state index is 12.8. The van der Waals surface area contributed by atoms with Crippen molar-refractivity contribution in [2.24, 2.45) is 0 Å². The van der Waals surface area contributed by atoms with E-state index in [-0.39, 0.29) is 33.2 Å². The third kappa shape index (κ3) is 4.77. The Hall–Kier alpha value is -2.56. The Morgan fingerprint density at radius 2 is 1.91 bits per heavy atom. The summed E-state index contributed by atoms with van der Waals surface area (Å²) in [6.45, 7) is 0.212. The van der Waals surface area contributed by atoms with E-state index in [9.17, 15) is 14.4 Å². The van der Waals surface area contributed by atoms with Crippen LogP contribution < -0.4 is 0 Å². The molecule has 0 unspecified atom stereocenters. The van der Waals surface area contributed by atoms with Crippen LogP contribution in [0.2, 0.25) is 5.02 Å². The highest BCUT2D eigenvalue weighted by molar-refractivity contribution is 14.1. The first-order valence-electron chi connectivity index (χ1n) is 9.33. The highest BCUT2D eigenvalue weighted by Gasteiger charge is 2.35. The van der Waals surface area contributed by atoms with Gasteiger partial charge in [-0.1, -0.05) is 23.7 Å². The highest BCUT2D eigenvalue weighted by Crippen LogP contribution is 2.34. The number of hydrogen-bond donors (Lipinski definition) is 0. The van der Waals surface area contributed by atoms with Gasteiger partial charge < -0.3 is 9.15 Å². The Morgan fingerprint density at radius 1 is 1.16 bits per heavy atom. The van der Waals surface area contributed by atoms with Gasteiger partial charge in [-0.2, -0.15) is 0 Å². The van der Waals surface area contributed by atoms with Crippen molar-refractivity contribution in [3.8, 4) is 11.3 Å². The summed E-state index contributed by atoms with van der Waals surface area (Å²) in [6.07, 6.45) is 1.54. The zero-order chi connectivity index (χ0) is 22.8. The van der Waals surface area contributed by atoms with Crippen molar-refractivity contribution in [2.75, 3.05) is 7.11 Å². The van der Waals surface area contributed by atoms with Gasteiger partial charge in [-0.15, -0.1) is 0 Å². The fraction of sp³-hybridized carbons (Fsp3) is 0.0870. The van der Waals surface area contributed by atoms with Crippen molar-refractivity contribution in [1.82, 2.24) is 4.90 Å². The monoisotopic (exact) mass is 579 g/mol. The van der Waals surface area contributed by atoms with E-state index in [4.69, 9.17) is 20.8 Å². The highest BCUT2D eigenvalue weighted by atomic mass is 127. The molecule has 1 saturated heterocycles. The first-order valence-corrected chi connectivity index (χ1v) is 11.6. The van der Waals surface area contributed by atoms with Crippen molar-refractivity contribution in [2.45, 2.75) is 6.54 Å². The fourth-order valence-corrected chi connectivity index (χ4v) is 4.44. The lowest BCUT2D eigenvalue weighted by Crippen LogP contribution is -2.27. The normalized spacial score (nSPS) is 15.0. The second kappa shape index (κ2) is 9.51. The molecular weight excluding hydrogens is 565 g/mol. The van der Waals surface area contributed by atoms with Crippen LogP contribution in [-0.2, 0) is 16.1 Å². The number of benzene rings is 2. The van der Waals surface area contributed by atoms with Crippen LogP contribution in [0.3, 0.4) is 0 Å². The van der Waals surface area contributed by atoms with Crippen LogP contribution in [-0.4, -0.2) is 29.1 Å². The minimum absolute atomic E-state index is 0.212. The first-order chi connectivity index (χ1) is 15.4. The number of hydrogen-bond acceptors (Lipinski definition) is 6. The van der Waals surface area contributed by atoms with E-state index >= 15 is 0 Å². The number of rotatable bonds is 5. The Labute approximate surface area is 206 Å². The second-order valence-corrected chi connectivity index (χ2v) is 9.43. The molecule has 0 radical (unpaired) electrons. The molecule has 9 heteroatoms.